The monoisotopic (exact) mass is 211 g/mol. The Hall–Kier alpha value is -2.05. The van der Waals surface area contributed by atoms with Crippen LogP contribution in [0.1, 0.15) is 5.69 Å². The van der Waals surface area contributed by atoms with Gasteiger partial charge < -0.3 is 21.5 Å². The maximum Gasteiger partial charge on any atom is 0.404 e. The normalized spacial score (nSPS) is 9.67. The van der Waals surface area contributed by atoms with E-state index in [9.17, 15) is 4.79 Å². The average Bonchev–Trinajstić information content (AvgIpc) is 2.10. The van der Waals surface area contributed by atoms with Crippen molar-refractivity contribution in [2.24, 2.45) is 5.73 Å². The van der Waals surface area contributed by atoms with Crippen LogP contribution in [0.15, 0.2) is 6.07 Å². The third-order valence-electron chi connectivity index (χ3n) is 1.52. The first-order chi connectivity index (χ1) is 7.08. The quantitative estimate of drug-likeness (QED) is 0.597. The van der Waals surface area contributed by atoms with Gasteiger partial charge in [0.25, 0.3) is 0 Å². The van der Waals surface area contributed by atoms with Crippen LogP contribution in [0.4, 0.5) is 16.6 Å². The molecule has 0 atom stereocenters. The van der Waals surface area contributed by atoms with Gasteiger partial charge in [-0.2, -0.15) is 4.98 Å². The van der Waals surface area contributed by atoms with Crippen molar-refractivity contribution in [2.75, 3.05) is 24.2 Å². The zero-order chi connectivity index (χ0) is 11.3. The molecule has 0 aliphatic heterocycles. The summed E-state index contributed by atoms with van der Waals surface area (Å²) in [5.41, 5.74) is 11.0. The van der Waals surface area contributed by atoms with Gasteiger partial charge in [0.05, 0.1) is 6.54 Å². The third kappa shape index (κ3) is 4.12. The highest BCUT2D eigenvalue weighted by molar-refractivity contribution is 5.64. The lowest BCUT2D eigenvalue weighted by atomic mass is 10.4. The predicted octanol–water partition coefficient (Wildman–Crippen LogP) is -0.126. The summed E-state index contributed by atoms with van der Waals surface area (Å²) < 4.78 is 4.53. The minimum atomic E-state index is -0.796. The first-order valence-electron chi connectivity index (χ1n) is 4.35. The second-order valence-electron chi connectivity index (χ2n) is 2.85. The first-order valence-corrected chi connectivity index (χ1v) is 4.35. The number of anilines is 2. The van der Waals surface area contributed by atoms with Crippen LogP contribution in [0.2, 0.25) is 0 Å². The molecular formula is C8H13N5O2. The summed E-state index contributed by atoms with van der Waals surface area (Å²) in [6.45, 7) is 2.40. The van der Waals surface area contributed by atoms with Crippen LogP contribution in [-0.2, 0) is 4.74 Å². The molecule has 0 radical (unpaired) electrons. The van der Waals surface area contributed by atoms with Crippen molar-refractivity contribution in [2.45, 2.75) is 6.92 Å². The molecule has 0 aromatic carbocycles. The van der Waals surface area contributed by atoms with Crippen molar-refractivity contribution in [1.29, 1.82) is 0 Å². The number of aromatic nitrogens is 2. The number of nitrogens with zero attached hydrogens (tertiary/aromatic N) is 2. The van der Waals surface area contributed by atoms with E-state index in [0.717, 1.165) is 5.69 Å². The molecule has 0 aliphatic rings. The van der Waals surface area contributed by atoms with Gasteiger partial charge in [-0.3, -0.25) is 0 Å². The standard InChI is InChI=1S/C8H13N5O2/c1-5-4-6(13-7(9)12-5)11-2-3-15-8(10)14/h4H,2-3H2,1H3,(H2,10,14)(H3,9,11,12,13). The highest BCUT2D eigenvalue weighted by Crippen LogP contribution is 2.06. The summed E-state index contributed by atoms with van der Waals surface area (Å²) in [5.74, 6) is 0.793. The Balaban J connectivity index is 2.40. The molecular weight excluding hydrogens is 198 g/mol. The van der Waals surface area contributed by atoms with Crippen molar-refractivity contribution in [3.63, 3.8) is 0 Å². The van der Waals surface area contributed by atoms with E-state index in [-0.39, 0.29) is 12.6 Å². The van der Waals surface area contributed by atoms with Gasteiger partial charge in [0.2, 0.25) is 5.95 Å². The molecule has 0 unspecified atom stereocenters. The van der Waals surface area contributed by atoms with Gasteiger partial charge in [0.15, 0.2) is 0 Å². The molecule has 0 saturated carbocycles. The second kappa shape index (κ2) is 4.99. The average molecular weight is 211 g/mol. The predicted molar refractivity (Wildman–Crippen MR) is 55.2 cm³/mol. The molecule has 0 bridgehead atoms. The molecule has 1 amide bonds. The zero-order valence-corrected chi connectivity index (χ0v) is 8.36. The minimum Gasteiger partial charge on any atom is -0.448 e. The largest absolute Gasteiger partial charge is 0.448 e. The summed E-state index contributed by atoms with van der Waals surface area (Å²) >= 11 is 0. The van der Waals surface area contributed by atoms with E-state index in [1.54, 1.807) is 6.07 Å². The lowest BCUT2D eigenvalue weighted by molar-refractivity contribution is 0.161. The molecule has 0 saturated heterocycles. The second-order valence-corrected chi connectivity index (χ2v) is 2.85. The fourth-order valence-electron chi connectivity index (χ4n) is 1.01. The number of aryl methyl sites for hydroxylation is 1. The van der Waals surface area contributed by atoms with Crippen molar-refractivity contribution in [1.82, 2.24) is 9.97 Å². The maximum atomic E-state index is 10.2. The number of nitrogen functional groups attached to an aromatic ring is 1. The van der Waals surface area contributed by atoms with Crippen LogP contribution in [0.25, 0.3) is 0 Å². The molecule has 0 spiro atoms. The van der Waals surface area contributed by atoms with Gasteiger partial charge in [0, 0.05) is 11.8 Å². The van der Waals surface area contributed by atoms with Crippen molar-refractivity contribution >= 4 is 17.9 Å². The summed E-state index contributed by atoms with van der Waals surface area (Å²) in [6, 6.07) is 1.74. The smallest absolute Gasteiger partial charge is 0.404 e. The number of rotatable bonds is 4. The molecule has 82 valence electrons. The summed E-state index contributed by atoms with van der Waals surface area (Å²) in [5, 5.41) is 2.92. The molecule has 7 nitrogen and oxygen atoms in total. The van der Waals surface area contributed by atoms with Crippen LogP contribution in [0.5, 0.6) is 0 Å². The molecule has 1 aromatic rings. The summed E-state index contributed by atoms with van der Waals surface area (Å²) in [6.07, 6.45) is -0.796. The number of hydrogen-bond acceptors (Lipinski definition) is 6. The van der Waals surface area contributed by atoms with Crippen LogP contribution in [0, 0.1) is 6.92 Å². The highest BCUT2D eigenvalue weighted by atomic mass is 16.5. The molecule has 1 rings (SSSR count). The summed E-state index contributed by atoms with van der Waals surface area (Å²) in [4.78, 5) is 18.1. The van der Waals surface area contributed by atoms with Crippen LogP contribution < -0.4 is 16.8 Å². The van der Waals surface area contributed by atoms with E-state index in [1.165, 1.54) is 0 Å². The van der Waals surface area contributed by atoms with Crippen LogP contribution in [0.3, 0.4) is 0 Å². The Morgan fingerprint density at radius 1 is 1.60 bits per heavy atom. The first kappa shape index (κ1) is 11.0. The van der Waals surface area contributed by atoms with Crippen molar-refractivity contribution in [3.8, 4) is 0 Å². The van der Waals surface area contributed by atoms with E-state index >= 15 is 0 Å². The van der Waals surface area contributed by atoms with Crippen molar-refractivity contribution in [3.05, 3.63) is 11.8 Å². The Morgan fingerprint density at radius 2 is 2.33 bits per heavy atom. The van der Waals surface area contributed by atoms with Gasteiger partial charge in [0.1, 0.15) is 12.4 Å². The zero-order valence-electron chi connectivity index (χ0n) is 8.36. The molecule has 1 aromatic heterocycles. The van der Waals surface area contributed by atoms with Crippen LogP contribution >= 0.6 is 0 Å². The Bertz CT molecular complexity index is 335. The fraction of sp³-hybridized carbons (Fsp3) is 0.375. The van der Waals surface area contributed by atoms with Gasteiger partial charge in [-0.1, -0.05) is 0 Å². The Labute approximate surface area is 86.8 Å². The van der Waals surface area contributed by atoms with Crippen LogP contribution in [-0.4, -0.2) is 29.2 Å². The molecule has 7 heteroatoms. The van der Waals surface area contributed by atoms with Crippen molar-refractivity contribution < 1.29 is 9.53 Å². The maximum absolute atomic E-state index is 10.2. The topological polar surface area (TPSA) is 116 Å². The SMILES string of the molecule is Cc1cc(NCCOC(N)=O)nc(N)n1. The molecule has 1 heterocycles. The number of primary amides is 1. The lowest BCUT2D eigenvalue weighted by Gasteiger charge is -2.06. The van der Waals surface area contributed by atoms with Gasteiger partial charge in [-0.25, -0.2) is 9.78 Å². The van der Waals surface area contributed by atoms with Gasteiger partial charge >= 0.3 is 6.09 Å². The molecule has 15 heavy (non-hydrogen) atoms. The molecule has 5 N–H and O–H groups in total. The fourth-order valence-corrected chi connectivity index (χ4v) is 1.01. The van der Waals surface area contributed by atoms with E-state index < -0.39 is 6.09 Å². The molecule has 0 fully saturated rings. The number of ether oxygens (including phenoxy) is 1. The van der Waals surface area contributed by atoms with E-state index in [0.29, 0.717) is 12.4 Å². The number of amides is 1. The van der Waals surface area contributed by atoms with E-state index in [2.05, 4.69) is 20.0 Å². The Morgan fingerprint density at radius 3 is 2.93 bits per heavy atom. The third-order valence-corrected chi connectivity index (χ3v) is 1.52. The number of nitrogens with one attached hydrogen (secondary N) is 1. The molecule has 0 aliphatic carbocycles. The number of carbonyl (C=O) groups excluding carboxylic acids is 1. The van der Waals surface area contributed by atoms with E-state index in [4.69, 9.17) is 11.5 Å². The Kier molecular flexibility index (Phi) is 3.67. The van der Waals surface area contributed by atoms with Gasteiger partial charge in [-0.15, -0.1) is 0 Å². The summed E-state index contributed by atoms with van der Waals surface area (Å²) in [7, 11) is 0. The lowest BCUT2D eigenvalue weighted by Crippen LogP contribution is -2.18. The highest BCUT2D eigenvalue weighted by Gasteiger charge is 1.98. The number of carbonyl (C=O) groups is 1. The minimum absolute atomic E-state index is 0.179. The number of hydrogen-bond donors (Lipinski definition) is 3. The number of nitrogens with two attached hydrogens (primary N) is 2. The van der Waals surface area contributed by atoms with E-state index in [1.807, 2.05) is 6.92 Å². The van der Waals surface area contributed by atoms with Gasteiger partial charge in [-0.05, 0) is 6.92 Å².